The van der Waals surface area contributed by atoms with Crippen LogP contribution in [0.3, 0.4) is 0 Å². The average molecular weight is 220 g/mol. The van der Waals surface area contributed by atoms with Gasteiger partial charge >= 0.3 is 0 Å². The van der Waals surface area contributed by atoms with E-state index in [1.54, 1.807) is 0 Å². The fraction of sp³-hybridized carbons (Fsp3) is 0.462. The molecule has 2 atom stereocenters. The Morgan fingerprint density at radius 2 is 1.93 bits per heavy atom. The van der Waals surface area contributed by atoms with Gasteiger partial charge in [-0.15, -0.1) is 11.8 Å². The predicted molar refractivity (Wildman–Crippen MR) is 64.1 cm³/mol. The second-order valence-electron chi connectivity index (χ2n) is 4.20. The van der Waals surface area contributed by atoms with E-state index in [4.69, 9.17) is 0 Å². The molecule has 1 saturated carbocycles. The normalized spacial score (nSPS) is 26.6. The van der Waals surface area contributed by atoms with Crippen molar-refractivity contribution in [3.63, 3.8) is 0 Å². The molecule has 2 heteroatoms. The van der Waals surface area contributed by atoms with Gasteiger partial charge in [-0.1, -0.05) is 25.1 Å². The van der Waals surface area contributed by atoms with E-state index in [-0.39, 0.29) is 5.92 Å². The lowest BCUT2D eigenvalue weighted by molar-refractivity contribution is -0.123. The molecule has 0 saturated heterocycles. The lowest BCUT2D eigenvalue weighted by atomic mass is 9.89. The Hall–Kier alpha value is -0.760. The highest BCUT2D eigenvalue weighted by molar-refractivity contribution is 8.00. The minimum Gasteiger partial charge on any atom is -0.299 e. The van der Waals surface area contributed by atoms with Crippen LogP contribution in [0.4, 0.5) is 0 Å². The van der Waals surface area contributed by atoms with E-state index in [0.717, 1.165) is 12.8 Å². The van der Waals surface area contributed by atoms with E-state index >= 15 is 0 Å². The number of thioether (sulfide) groups is 1. The summed E-state index contributed by atoms with van der Waals surface area (Å²) in [6, 6.07) is 10.4. The molecule has 80 valence electrons. The standard InChI is InChI=1S/C13H16OS/c1-10-7-8-12(9-13(10)14)15-11-5-3-2-4-6-11/h2-6,10,12H,7-9H2,1H3/t10-,12-/m1/s1. The van der Waals surface area contributed by atoms with Gasteiger partial charge in [0.1, 0.15) is 5.78 Å². The number of hydrogen-bond donors (Lipinski definition) is 0. The Bertz CT molecular complexity index is 334. The number of carbonyl (C=O) groups is 1. The molecule has 0 spiro atoms. The van der Waals surface area contributed by atoms with Gasteiger partial charge in [-0.2, -0.15) is 0 Å². The average Bonchev–Trinajstić information content (AvgIpc) is 2.25. The summed E-state index contributed by atoms with van der Waals surface area (Å²) in [6.07, 6.45) is 2.98. The Morgan fingerprint density at radius 1 is 1.20 bits per heavy atom. The Labute approximate surface area is 95.3 Å². The van der Waals surface area contributed by atoms with Gasteiger partial charge in [0, 0.05) is 22.5 Å². The van der Waals surface area contributed by atoms with Gasteiger partial charge in [0.05, 0.1) is 0 Å². The third kappa shape index (κ3) is 2.85. The molecular formula is C13H16OS. The molecule has 1 aliphatic carbocycles. The summed E-state index contributed by atoms with van der Waals surface area (Å²) in [4.78, 5) is 12.9. The number of hydrogen-bond acceptors (Lipinski definition) is 2. The summed E-state index contributed by atoms with van der Waals surface area (Å²) in [7, 11) is 0. The molecule has 1 aromatic rings. The summed E-state index contributed by atoms with van der Waals surface area (Å²) in [5.74, 6) is 0.729. The summed E-state index contributed by atoms with van der Waals surface area (Å²) in [6.45, 7) is 2.05. The topological polar surface area (TPSA) is 17.1 Å². The zero-order chi connectivity index (χ0) is 10.7. The van der Waals surface area contributed by atoms with Crippen molar-refractivity contribution in [2.24, 2.45) is 5.92 Å². The molecule has 1 aliphatic rings. The largest absolute Gasteiger partial charge is 0.299 e. The van der Waals surface area contributed by atoms with Crippen LogP contribution in [-0.2, 0) is 4.79 Å². The molecule has 0 aromatic heterocycles. The Balaban J connectivity index is 1.94. The summed E-state index contributed by atoms with van der Waals surface area (Å²) >= 11 is 1.85. The molecule has 1 fully saturated rings. The first-order valence-corrected chi connectivity index (χ1v) is 6.38. The van der Waals surface area contributed by atoms with Crippen LogP contribution in [0.15, 0.2) is 35.2 Å². The fourth-order valence-electron chi connectivity index (χ4n) is 1.92. The molecule has 1 aromatic carbocycles. The van der Waals surface area contributed by atoms with Crippen molar-refractivity contribution in [3.05, 3.63) is 30.3 Å². The summed E-state index contributed by atoms with van der Waals surface area (Å²) < 4.78 is 0. The van der Waals surface area contributed by atoms with Gasteiger partial charge in [0.15, 0.2) is 0 Å². The Kier molecular flexibility index (Phi) is 3.47. The van der Waals surface area contributed by atoms with Crippen molar-refractivity contribution in [3.8, 4) is 0 Å². The second-order valence-corrected chi connectivity index (χ2v) is 5.58. The molecule has 15 heavy (non-hydrogen) atoms. The molecule has 0 radical (unpaired) electrons. The van der Waals surface area contributed by atoms with Crippen molar-refractivity contribution < 1.29 is 4.79 Å². The van der Waals surface area contributed by atoms with Crippen molar-refractivity contribution in [2.45, 2.75) is 36.3 Å². The maximum absolute atomic E-state index is 11.6. The third-order valence-corrected chi connectivity index (χ3v) is 4.23. The van der Waals surface area contributed by atoms with Crippen LogP contribution in [0.25, 0.3) is 0 Å². The van der Waals surface area contributed by atoms with Gasteiger partial charge in [0.25, 0.3) is 0 Å². The number of carbonyl (C=O) groups excluding carboxylic acids is 1. The number of Topliss-reactive ketones (excluding diaryl/α,β-unsaturated/α-hetero) is 1. The van der Waals surface area contributed by atoms with Crippen molar-refractivity contribution in [1.82, 2.24) is 0 Å². The molecule has 0 bridgehead atoms. The van der Waals surface area contributed by atoms with Crippen LogP contribution < -0.4 is 0 Å². The highest BCUT2D eigenvalue weighted by Crippen LogP contribution is 2.33. The second kappa shape index (κ2) is 4.84. The third-order valence-electron chi connectivity index (χ3n) is 2.95. The van der Waals surface area contributed by atoms with E-state index in [9.17, 15) is 4.79 Å². The highest BCUT2D eigenvalue weighted by Gasteiger charge is 2.25. The molecular weight excluding hydrogens is 204 g/mol. The fourth-order valence-corrected chi connectivity index (χ4v) is 3.12. The minimum atomic E-state index is 0.289. The number of benzene rings is 1. The minimum absolute atomic E-state index is 0.289. The lowest BCUT2D eigenvalue weighted by Gasteiger charge is -2.24. The molecule has 0 unspecified atom stereocenters. The van der Waals surface area contributed by atoms with Crippen molar-refractivity contribution >= 4 is 17.5 Å². The first-order valence-electron chi connectivity index (χ1n) is 5.50. The van der Waals surface area contributed by atoms with Crippen LogP contribution >= 0.6 is 11.8 Å². The van der Waals surface area contributed by atoms with Crippen LogP contribution in [-0.4, -0.2) is 11.0 Å². The van der Waals surface area contributed by atoms with Gasteiger partial charge < -0.3 is 0 Å². The van der Waals surface area contributed by atoms with E-state index in [1.807, 2.05) is 24.8 Å². The Morgan fingerprint density at radius 3 is 2.60 bits per heavy atom. The van der Waals surface area contributed by atoms with Gasteiger partial charge in [-0.05, 0) is 25.0 Å². The molecule has 0 N–H and O–H groups in total. The van der Waals surface area contributed by atoms with Crippen LogP contribution in [0.5, 0.6) is 0 Å². The van der Waals surface area contributed by atoms with Gasteiger partial charge in [-0.25, -0.2) is 0 Å². The van der Waals surface area contributed by atoms with Crippen LogP contribution in [0.2, 0.25) is 0 Å². The highest BCUT2D eigenvalue weighted by atomic mass is 32.2. The molecule has 0 amide bonds. The zero-order valence-corrected chi connectivity index (χ0v) is 9.80. The van der Waals surface area contributed by atoms with E-state index in [0.29, 0.717) is 11.0 Å². The summed E-state index contributed by atoms with van der Waals surface area (Å²) in [5.41, 5.74) is 0. The van der Waals surface area contributed by atoms with E-state index in [2.05, 4.69) is 24.3 Å². The van der Waals surface area contributed by atoms with E-state index in [1.165, 1.54) is 11.3 Å². The quantitative estimate of drug-likeness (QED) is 0.758. The maximum Gasteiger partial charge on any atom is 0.136 e. The van der Waals surface area contributed by atoms with Crippen LogP contribution in [0.1, 0.15) is 26.2 Å². The number of rotatable bonds is 2. The molecule has 2 rings (SSSR count). The lowest BCUT2D eigenvalue weighted by Crippen LogP contribution is -2.24. The molecule has 1 nitrogen and oxygen atoms in total. The first kappa shape index (κ1) is 10.7. The summed E-state index contributed by atoms with van der Waals surface area (Å²) in [5, 5.41) is 0.496. The molecule has 0 aliphatic heterocycles. The predicted octanol–water partition coefficient (Wildman–Crippen LogP) is 3.54. The number of ketones is 1. The smallest absolute Gasteiger partial charge is 0.136 e. The molecule has 0 heterocycles. The monoisotopic (exact) mass is 220 g/mol. The van der Waals surface area contributed by atoms with Crippen molar-refractivity contribution in [1.29, 1.82) is 0 Å². The van der Waals surface area contributed by atoms with Gasteiger partial charge in [-0.3, -0.25) is 4.79 Å². The van der Waals surface area contributed by atoms with Gasteiger partial charge in [0.2, 0.25) is 0 Å². The van der Waals surface area contributed by atoms with Crippen molar-refractivity contribution in [2.75, 3.05) is 0 Å². The van der Waals surface area contributed by atoms with Crippen LogP contribution in [0, 0.1) is 5.92 Å². The van der Waals surface area contributed by atoms with E-state index < -0.39 is 0 Å². The SMILES string of the molecule is C[C@@H]1CC[C@@H](Sc2ccccc2)CC1=O. The first-order chi connectivity index (χ1) is 7.25. The zero-order valence-electron chi connectivity index (χ0n) is 8.98. The maximum atomic E-state index is 11.6.